The fourth-order valence-corrected chi connectivity index (χ4v) is 3.38. The van der Waals surface area contributed by atoms with Crippen molar-refractivity contribution >= 4 is 11.9 Å². The SMILES string of the molecule is C#CCCC1(CCC(=O)N2CCC(n3ncc(C(=O)O)c3C(F)(F)F)C2)N=N1. The molecule has 1 aromatic heterocycles. The first-order valence-corrected chi connectivity index (χ1v) is 8.70. The Bertz CT molecular complexity index is 849. The number of likely N-dealkylation sites (tertiary alicyclic amines) is 1. The van der Waals surface area contributed by atoms with E-state index in [9.17, 15) is 22.8 Å². The molecule has 0 saturated carbocycles. The molecule has 0 aromatic carbocycles. The number of aromatic nitrogens is 2. The van der Waals surface area contributed by atoms with Crippen molar-refractivity contribution in [3.63, 3.8) is 0 Å². The summed E-state index contributed by atoms with van der Waals surface area (Å²) in [5.74, 6) is 0.594. The summed E-state index contributed by atoms with van der Waals surface area (Å²) in [5.41, 5.74) is -2.80. The molecule has 0 radical (unpaired) electrons. The van der Waals surface area contributed by atoms with Gasteiger partial charge in [-0.05, 0) is 6.42 Å². The lowest BCUT2D eigenvalue weighted by Crippen LogP contribution is -2.31. The molecule has 28 heavy (non-hydrogen) atoms. The highest BCUT2D eigenvalue weighted by molar-refractivity contribution is 5.88. The lowest BCUT2D eigenvalue weighted by molar-refractivity contribution is -0.145. The molecule has 2 aliphatic heterocycles. The van der Waals surface area contributed by atoms with Crippen molar-refractivity contribution in [2.45, 2.75) is 50.0 Å². The molecule has 1 N–H and O–H groups in total. The van der Waals surface area contributed by atoms with E-state index in [0.717, 1.165) is 0 Å². The summed E-state index contributed by atoms with van der Waals surface area (Å²) >= 11 is 0. The Morgan fingerprint density at radius 3 is 2.64 bits per heavy atom. The Balaban J connectivity index is 1.64. The maximum atomic E-state index is 13.3. The molecular weight excluding hydrogens is 379 g/mol. The molecule has 1 aromatic rings. The standard InChI is InChI=1S/C17H18F3N5O3/c1-2-3-6-16(22-23-16)7-4-13(26)24-8-5-11(10-24)25-14(17(18,19)20)12(9-21-25)15(27)28/h1,9,11H,3-8,10H2,(H,27,28). The monoisotopic (exact) mass is 397 g/mol. The molecule has 1 fully saturated rings. The molecule has 1 unspecified atom stereocenters. The second kappa shape index (κ2) is 7.26. The van der Waals surface area contributed by atoms with Crippen LogP contribution in [0.25, 0.3) is 0 Å². The molecule has 0 bridgehead atoms. The molecule has 0 aliphatic carbocycles. The predicted molar refractivity (Wildman–Crippen MR) is 89.3 cm³/mol. The number of amides is 1. The van der Waals surface area contributed by atoms with Crippen LogP contribution < -0.4 is 0 Å². The van der Waals surface area contributed by atoms with Crippen LogP contribution in [-0.2, 0) is 11.0 Å². The van der Waals surface area contributed by atoms with Crippen molar-refractivity contribution < 1.29 is 27.9 Å². The predicted octanol–water partition coefficient (Wildman–Crippen LogP) is 2.73. The van der Waals surface area contributed by atoms with Gasteiger partial charge in [0.25, 0.3) is 0 Å². The van der Waals surface area contributed by atoms with E-state index in [1.54, 1.807) is 0 Å². The number of hydrogen-bond donors (Lipinski definition) is 1. The van der Waals surface area contributed by atoms with Crippen LogP contribution in [0.1, 0.15) is 54.2 Å². The van der Waals surface area contributed by atoms with Crippen molar-refractivity contribution in [1.29, 1.82) is 0 Å². The van der Waals surface area contributed by atoms with E-state index in [2.05, 4.69) is 21.2 Å². The fraction of sp³-hybridized carbons (Fsp3) is 0.588. The van der Waals surface area contributed by atoms with Gasteiger partial charge in [-0.15, -0.1) is 12.3 Å². The second-order valence-electron chi connectivity index (χ2n) is 6.82. The first-order valence-electron chi connectivity index (χ1n) is 8.70. The molecule has 11 heteroatoms. The molecule has 2 aliphatic rings. The van der Waals surface area contributed by atoms with Crippen LogP contribution in [0.3, 0.4) is 0 Å². The number of terminal acetylenes is 1. The van der Waals surface area contributed by atoms with Crippen LogP contribution in [-0.4, -0.2) is 50.4 Å². The third-order valence-electron chi connectivity index (χ3n) is 4.95. The van der Waals surface area contributed by atoms with E-state index in [-0.39, 0.29) is 31.8 Å². The fourth-order valence-electron chi connectivity index (χ4n) is 3.38. The van der Waals surface area contributed by atoms with Crippen LogP contribution in [0, 0.1) is 12.3 Å². The number of aromatic carboxylic acids is 1. The smallest absolute Gasteiger partial charge is 0.433 e. The third-order valence-corrected chi connectivity index (χ3v) is 4.95. The van der Waals surface area contributed by atoms with Crippen molar-refractivity contribution in [2.24, 2.45) is 10.2 Å². The van der Waals surface area contributed by atoms with Crippen molar-refractivity contribution in [1.82, 2.24) is 14.7 Å². The van der Waals surface area contributed by atoms with Gasteiger partial charge in [0, 0.05) is 38.8 Å². The lowest BCUT2D eigenvalue weighted by Gasteiger charge is -2.19. The number of rotatable bonds is 7. The Morgan fingerprint density at radius 1 is 1.36 bits per heavy atom. The van der Waals surface area contributed by atoms with Gasteiger partial charge >= 0.3 is 12.1 Å². The molecule has 1 atom stereocenters. The van der Waals surface area contributed by atoms with Crippen LogP contribution in [0.15, 0.2) is 16.4 Å². The minimum absolute atomic E-state index is 0.0360. The van der Waals surface area contributed by atoms with Gasteiger partial charge in [0.15, 0.2) is 11.4 Å². The van der Waals surface area contributed by atoms with E-state index in [0.29, 0.717) is 30.1 Å². The number of halogens is 3. The summed E-state index contributed by atoms with van der Waals surface area (Å²) in [6.07, 6.45) is 2.95. The zero-order chi connectivity index (χ0) is 20.5. The molecule has 8 nitrogen and oxygen atoms in total. The number of carbonyl (C=O) groups excluding carboxylic acids is 1. The topological polar surface area (TPSA) is 100 Å². The van der Waals surface area contributed by atoms with Gasteiger partial charge in [0.2, 0.25) is 5.91 Å². The number of carboxylic acids is 1. The first kappa shape index (κ1) is 19.9. The van der Waals surface area contributed by atoms with Gasteiger partial charge in [-0.2, -0.15) is 28.5 Å². The normalized spacial score (nSPS) is 20.2. The van der Waals surface area contributed by atoms with Crippen molar-refractivity contribution in [3.05, 3.63) is 17.5 Å². The number of nitrogens with zero attached hydrogens (tertiary/aromatic N) is 5. The van der Waals surface area contributed by atoms with Gasteiger partial charge in [0.05, 0.1) is 12.2 Å². The highest BCUT2D eigenvalue weighted by atomic mass is 19.4. The van der Waals surface area contributed by atoms with Gasteiger partial charge in [-0.3, -0.25) is 9.48 Å². The van der Waals surface area contributed by atoms with E-state index >= 15 is 0 Å². The second-order valence-corrected chi connectivity index (χ2v) is 6.82. The van der Waals surface area contributed by atoms with Gasteiger partial charge in [-0.1, -0.05) is 0 Å². The van der Waals surface area contributed by atoms with Crippen LogP contribution >= 0.6 is 0 Å². The largest absolute Gasteiger partial charge is 0.478 e. The average molecular weight is 397 g/mol. The molecule has 150 valence electrons. The Morgan fingerprint density at radius 2 is 2.07 bits per heavy atom. The molecule has 3 rings (SSSR count). The maximum absolute atomic E-state index is 13.3. The lowest BCUT2D eigenvalue weighted by atomic mass is 10.0. The third kappa shape index (κ3) is 4.00. The molecule has 1 amide bonds. The molecular formula is C17H18F3N5O3. The van der Waals surface area contributed by atoms with Crippen LogP contribution in [0.2, 0.25) is 0 Å². The van der Waals surface area contributed by atoms with E-state index in [1.165, 1.54) is 4.90 Å². The van der Waals surface area contributed by atoms with Gasteiger partial charge in [0.1, 0.15) is 5.56 Å². The summed E-state index contributed by atoms with van der Waals surface area (Å²) in [7, 11) is 0. The number of carbonyl (C=O) groups is 2. The summed E-state index contributed by atoms with van der Waals surface area (Å²) in [6, 6.07) is -0.737. The number of carboxylic acid groups (broad SMARTS) is 1. The van der Waals surface area contributed by atoms with Crippen LogP contribution in [0.4, 0.5) is 13.2 Å². The average Bonchev–Trinajstić information content (AvgIpc) is 3.05. The van der Waals surface area contributed by atoms with E-state index in [4.69, 9.17) is 11.5 Å². The summed E-state index contributed by atoms with van der Waals surface area (Å²) in [4.78, 5) is 25.0. The number of alkyl halides is 3. The van der Waals surface area contributed by atoms with Crippen molar-refractivity contribution in [3.8, 4) is 12.3 Å². The molecule has 1 saturated heterocycles. The van der Waals surface area contributed by atoms with E-state index < -0.39 is 35.1 Å². The van der Waals surface area contributed by atoms with Gasteiger partial charge < -0.3 is 10.0 Å². The zero-order valence-corrected chi connectivity index (χ0v) is 14.8. The quantitative estimate of drug-likeness (QED) is 0.715. The minimum atomic E-state index is -4.86. The Labute approximate surface area is 158 Å². The highest BCUT2D eigenvalue weighted by Gasteiger charge is 2.43. The minimum Gasteiger partial charge on any atom is -0.478 e. The highest BCUT2D eigenvalue weighted by Crippen LogP contribution is 2.38. The summed E-state index contributed by atoms with van der Waals surface area (Å²) < 4.78 is 40.7. The first-order chi connectivity index (χ1) is 13.2. The van der Waals surface area contributed by atoms with E-state index in [1.807, 2.05) is 0 Å². The molecule has 3 heterocycles. The Hall–Kier alpha value is -2.90. The number of hydrogen-bond acceptors (Lipinski definition) is 5. The summed E-state index contributed by atoms with van der Waals surface area (Å²) in [5, 5.41) is 20.5. The zero-order valence-electron chi connectivity index (χ0n) is 14.8. The Kier molecular flexibility index (Phi) is 5.14. The van der Waals surface area contributed by atoms with Gasteiger partial charge in [-0.25, -0.2) is 4.79 Å². The molecule has 0 spiro atoms. The summed E-state index contributed by atoms with van der Waals surface area (Å²) in [6.45, 7) is 0.309. The maximum Gasteiger partial charge on any atom is 0.433 e. The van der Waals surface area contributed by atoms with Crippen LogP contribution in [0.5, 0.6) is 0 Å². The van der Waals surface area contributed by atoms with Crippen molar-refractivity contribution in [2.75, 3.05) is 13.1 Å².